The molecule has 7 heteroatoms. The van der Waals surface area contributed by atoms with E-state index in [0.717, 1.165) is 29.7 Å². The van der Waals surface area contributed by atoms with E-state index in [2.05, 4.69) is 5.32 Å². The van der Waals surface area contributed by atoms with Crippen LogP contribution in [-0.2, 0) is 0 Å². The SMILES string of the molecule is COc1ccc(C2CCCN2C(=O)Nc2ccc(C)cc2[N+](=O)[O-])cc1. The van der Waals surface area contributed by atoms with Crippen LogP contribution in [0.15, 0.2) is 42.5 Å². The Labute approximate surface area is 151 Å². The van der Waals surface area contributed by atoms with Crippen molar-refractivity contribution >= 4 is 17.4 Å². The molecule has 1 atom stereocenters. The normalized spacial score (nSPS) is 16.4. The summed E-state index contributed by atoms with van der Waals surface area (Å²) in [6.45, 7) is 2.39. The Balaban J connectivity index is 1.79. The number of nitrogens with one attached hydrogen (secondary N) is 1. The highest BCUT2D eigenvalue weighted by molar-refractivity contribution is 5.92. The van der Waals surface area contributed by atoms with E-state index in [1.807, 2.05) is 24.3 Å². The van der Waals surface area contributed by atoms with Crippen LogP contribution in [0.2, 0.25) is 0 Å². The summed E-state index contributed by atoms with van der Waals surface area (Å²) in [4.78, 5) is 25.2. The van der Waals surface area contributed by atoms with Crippen molar-refractivity contribution in [1.29, 1.82) is 0 Å². The van der Waals surface area contributed by atoms with Gasteiger partial charge in [0.05, 0.1) is 18.1 Å². The van der Waals surface area contributed by atoms with Gasteiger partial charge in [-0.05, 0) is 49.1 Å². The Bertz CT molecular complexity index is 820. The fourth-order valence-corrected chi connectivity index (χ4v) is 3.27. The third-order valence-corrected chi connectivity index (χ3v) is 4.61. The van der Waals surface area contributed by atoms with Crippen molar-refractivity contribution < 1.29 is 14.5 Å². The number of nitrogens with zero attached hydrogens (tertiary/aromatic N) is 2. The second kappa shape index (κ2) is 7.43. The number of nitro benzene ring substituents is 1. The van der Waals surface area contributed by atoms with Gasteiger partial charge in [-0.1, -0.05) is 18.2 Å². The Kier molecular flexibility index (Phi) is 5.06. The molecule has 7 nitrogen and oxygen atoms in total. The van der Waals surface area contributed by atoms with Crippen molar-refractivity contribution in [3.63, 3.8) is 0 Å². The summed E-state index contributed by atoms with van der Waals surface area (Å²) >= 11 is 0. The zero-order valence-corrected chi connectivity index (χ0v) is 14.8. The molecule has 26 heavy (non-hydrogen) atoms. The quantitative estimate of drug-likeness (QED) is 0.655. The van der Waals surface area contributed by atoms with E-state index < -0.39 is 4.92 Å². The Morgan fingerprint density at radius 3 is 2.65 bits per heavy atom. The predicted octanol–water partition coefficient (Wildman–Crippen LogP) is 4.28. The minimum Gasteiger partial charge on any atom is -0.497 e. The average molecular weight is 355 g/mol. The van der Waals surface area contributed by atoms with E-state index in [1.54, 1.807) is 31.1 Å². The molecule has 3 rings (SSSR count). The lowest BCUT2D eigenvalue weighted by Crippen LogP contribution is -2.34. The molecule has 0 aromatic heterocycles. The predicted molar refractivity (Wildman–Crippen MR) is 98.5 cm³/mol. The molecule has 1 aliphatic heterocycles. The molecule has 1 fully saturated rings. The van der Waals surface area contributed by atoms with Gasteiger partial charge in [0.15, 0.2) is 0 Å². The zero-order chi connectivity index (χ0) is 18.7. The first-order chi connectivity index (χ1) is 12.5. The van der Waals surface area contributed by atoms with Crippen LogP contribution >= 0.6 is 0 Å². The Morgan fingerprint density at radius 1 is 1.27 bits per heavy atom. The number of carbonyl (C=O) groups excluding carboxylic acids is 1. The molecule has 1 N–H and O–H groups in total. The molecule has 0 radical (unpaired) electrons. The zero-order valence-electron chi connectivity index (χ0n) is 14.8. The lowest BCUT2D eigenvalue weighted by Gasteiger charge is -2.25. The molecule has 1 heterocycles. The molecule has 2 aromatic rings. The number of rotatable bonds is 4. The fourth-order valence-electron chi connectivity index (χ4n) is 3.27. The van der Waals surface area contributed by atoms with Crippen molar-refractivity contribution in [3.8, 4) is 5.75 Å². The average Bonchev–Trinajstić information content (AvgIpc) is 3.13. The molecule has 0 aliphatic carbocycles. The fraction of sp³-hybridized carbons (Fsp3) is 0.316. The number of amides is 2. The molecular formula is C19H21N3O4. The standard InChI is InChI=1S/C19H21N3O4/c1-13-5-10-16(18(12-13)22(24)25)20-19(23)21-11-3-4-17(21)14-6-8-15(26-2)9-7-14/h5-10,12,17H,3-4,11H2,1-2H3,(H,20,23). The van der Waals surface area contributed by atoms with E-state index in [1.165, 1.54) is 6.07 Å². The first-order valence-electron chi connectivity index (χ1n) is 8.46. The van der Waals surface area contributed by atoms with Crippen LogP contribution in [0.3, 0.4) is 0 Å². The van der Waals surface area contributed by atoms with E-state index in [-0.39, 0.29) is 23.4 Å². The highest BCUT2D eigenvalue weighted by Gasteiger charge is 2.31. The third kappa shape index (κ3) is 3.61. The maximum atomic E-state index is 12.7. The van der Waals surface area contributed by atoms with Crippen LogP contribution in [0, 0.1) is 17.0 Å². The van der Waals surface area contributed by atoms with Gasteiger partial charge in [-0.25, -0.2) is 4.79 Å². The Morgan fingerprint density at radius 2 is 2.00 bits per heavy atom. The van der Waals surface area contributed by atoms with Gasteiger partial charge in [-0.15, -0.1) is 0 Å². The number of benzene rings is 2. The van der Waals surface area contributed by atoms with Gasteiger partial charge in [0, 0.05) is 12.6 Å². The number of methoxy groups -OCH3 is 1. The summed E-state index contributed by atoms with van der Waals surface area (Å²) < 4.78 is 5.17. The molecule has 2 aromatic carbocycles. The number of hydrogen-bond acceptors (Lipinski definition) is 4. The van der Waals surface area contributed by atoms with E-state index in [4.69, 9.17) is 4.74 Å². The number of aryl methyl sites for hydroxylation is 1. The first-order valence-corrected chi connectivity index (χ1v) is 8.46. The van der Waals surface area contributed by atoms with Gasteiger partial charge < -0.3 is 15.0 Å². The molecule has 0 bridgehead atoms. The van der Waals surface area contributed by atoms with Crippen molar-refractivity contribution in [2.45, 2.75) is 25.8 Å². The monoisotopic (exact) mass is 355 g/mol. The highest BCUT2D eigenvalue weighted by atomic mass is 16.6. The van der Waals surface area contributed by atoms with Gasteiger partial charge >= 0.3 is 6.03 Å². The smallest absolute Gasteiger partial charge is 0.322 e. The van der Waals surface area contributed by atoms with Crippen LogP contribution in [0.4, 0.5) is 16.2 Å². The summed E-state index contributed by atoms with van der Waals surface area (Å²) in [5.74, 6) is 0.762. The van der Waals surface area contributed by atoms with Gasteiger partial charge in [0.2, 0.25) is 0 Å². The lowest BCUT2D eigenvalue weighted by atomic mass is 10.0. The van der Waals surface area contributed by atoms with Gasteiger partial charge in [-0.2, -0.15) is 0 Å². The molecule has 136 valence electrons. The molecule has 0 spiro atoms. The highest BCUT2D eigenvalue weighted by Crippen LogP contribution is 2.34. The van der Waals surface area contributed by atoms with Crippen LogP contribution < -0.4 is 10.1 Å². The second-order valence-electron chi connectivity index (χ2n) is 6.33. The van der Waals surface area contributed by atoms with E-state index in [9.17, 15) is 14.9 Å². The minimum absolute atomic E-state index is 0.0505. The molecule has 2 amide bonds. The number of anilines is 1. The maximum absolute atomic E-state index is 12.7. The third-order valence-electron chi connectivity index (χ3n) is 4.61. The maximum Gasteiger partial charge on any atom is 0.322 e. The molecule has 1 aliphatic rings. The van der Waals surface area contributed by atoms with Crippen molar-refractivity contribution in [3.05, 3.63) is 63.7 Å². The number of urea groups is 1. The van der Waals surface area contributed by atoms with E-state index in [0.29, 0.717) is 6.54 Å². The number of ether oxygens (including phenoxy) is 1. The molecular weight excluding hydrogens is 334 g/mol. The van der Waals surface area contributed by atoms with Crippen molar-refractivity contribution in [2.24, 2.45) is 0 Å². The lowest BCUT2D eigenvalue weighted by molar-refractivity contribution is -0.384. The largest absolute Gasteiger partial charge is 0.497 e. The van der Waals surface area contributed by atoms with Crippen LogP contribution in [0.1, 0.15) is 30.0 Å². The molecule has 1 unspecified atom stereocenters. The van der Waals surface area contributed by atoms with E-state index >= 15 is 0 Å². The summed E-state index contributed by atoms with van der Waals surface area (Å²) in [6.07, 6.45) is 1.75. The number of carbonyl (C=O) groups is 1. The summed E-state index contributed by atoms with van der Waals surface area (Å²) in [6, 6.07) is 12.0. The van der Waals surface area contributed by atoms with Gasteiger partial charge in [0.25, 0.3) is 5.69 Å². The topological polar surface area (TPSA) is 84.7 Å². The van der Waals surface area contributed by atoms with Gasteiger partial charge in [-0.3, -0.25) is 10.1 Å². The first kappa shape index (κ1) is 17.7. The second-order valence-corrected chi connectivity index (χ2v) is 6.33. The number of likely N-dealkylation sites (tertiary alicyclic amines) is 1. The van der Waals surface area contributed by atoms with Crippen molar-refractivity contribution in [1.82, 2.24) is 4.90 Å². The van der Waals surface area contributed by atoms with Crippen LogP contribution in [0.25, 0.3) is 0 Å². The number of hydrogen-bond donors (Lipinski definition) is 1. The summed E-state index contributed by atoms with van der Waals surface area (Å²) in [5.41, 5.74) is 1.91. The molecule has 1 saturated heterocycles. The minimum atomic E-state index is -0.479. The molecule has 0 saturated carbocycles. The van der Waals surface area contributed by atoms with Crippen LogP contribution in [0.5, 0.6) is 5.75 Å². The van der Waals surface area contributed by atoms with Crippen molar-refractivity contribution in [2.75, 3.05) is 19.0 Å². The van der Waals surface area contributed by atoms with Gasteiger partial charge in [0.1, 0.15) is 11.4 Å². The number of nitro groups is 1. The summed E-state index contributed by atoms with van der Waals surface area (Å²) in [7, 11) is 1.61. The van der Waals surface area contributed by atoms with Crippen LogP contribution in [-0.4, -0.2) is 29.5 Å². The summed E-state index contributed by atoms with van der Waals surface area (Å²) in [5, 5.41) is 14.0. The Hall–Kier alpha value is -3.09.